The molecule has 0 unspecified atom stereocenters. The number of hydrogen-bond donors (Lipinski definition) is 0. The summed E-state index contributed by atoms with van der Waals surface area (Å²) in [5.41, 5.74) is 3.82. The maximum absolute atomic E-state index is 13.3. The number of rotatable bonds is 4. The van der Waals surface area contributed by atoms with Gasteiger partial charge in [-0.15, -0.1) is 0 Å². The highest BCUT2D eigenvalue weighted by atomic mass is 32.2. The summed E-state index contributed by atoms with van der Waals surface area (Å²) >= 11 is 0. The highest BCUT2D eigenvalue weighted by Crippen LogP contribution is 2.29. The van der Waals surface area contributed by atoms with Crippen LogP contribution in [0.3, 0.4) is 0 Å². The van der Waals surface area contributed by atoms with Crippen molar-refractivity contribution < 1.29 is 8.42 Å². The van der Waals surface area contributed by atoms with Crippen molar-refractivity contribution in [3.63, 3.8) is 0 Å². The minimum absolute atomic E-state index is 0.216. The molecule has 0 aliphatic carbocycles. The fourth-order valence-corrected chi connectivity index (χ4v) is 4.20. The first kappa shape index (κ1) is 17.2. The molecular weight excluding hydrogens is 356 g/mol. The van der Waals surface area contributed by atoms with Crippen molar-refractivity contribution >= 4 is 10.0 Å². The number of benzene rings is 3. The van der Waals surface area contributed by atoms with Gasteiger partial charge in [0.25, 0.3) is 10.0 Å². The van der Waals surface area contributed by atoms with E-state index in [4.69, 9.17) is 0 Å². The van der Waals surface area contributed by atoms with E-state index in [1.54, 1.807) is 24.3 Å². The zero-order valence-electron chi connectivity index (χ0n) is 14.8. The van der Waals surface area contributed by atoms with Gasteiger partial charge in [0.1, 0.15) is 0 Å². The number of nitrogens with zero attached hydrogens (tertiary/aromatic N) is 2. The topological polar surface area (TPSA) is 52.0 Å². The molecule has 1 heterocycles. The molecule has 5 heteroatoms. The van der Waals surface area contributed by atoms with Gasteiger partial charge in [-0.1, -0.05) is 78.4 Å². The first-order valence-corrected chi connectivity index (χ1v) is 10.0. The minimum Gasteiger partial charge on any atom is -0.199 e. The van der Waals surface area contributed by atoms with E-state index in [-0.39, 0.29) is 4.90 Å². The van der Waals surface area contributed by atoms with Gasteiger partial charge < -0.3 is 0 Å². The second kappa shape index (κ2) is 6.85. The summed E-state index contributed by atoms with van der Waals surface area (Å²) in [5.74, 6) is 0. The molecule has 0 N–H and O–H groups in total. The maximum atomic E-state index is 13.3. The lowest BCUT2D eigenvalue weighted by Crippen LogP contribution is -2.16. The summed E-state index contributed by atoms with van der Waals surface area (Å²) in [4.78, 5) is 0.216. The van der Waals surface area contributed by atoms with E-state index < -0.39 is 10.0 Å². The highest BCUT2D eigenvalue weighted by Gasteiger charge is 2.23. The lowest BCUT2D eigenvalue weighted by molar-refractivity contribution is 0.581. The van der Waals surface area contributed by atoms with Crippen molar-refractivity contribution in [2.45, 2.75) is 11.8 Å². The van der Waals surface area contributed by atoms with Gasteiger partial charge >= 0.3 is 0 Å². The summed E-state index contributed by atoms with van der Waals surface area (Å²) in [7, 11) is -3.82. The van der Waals surface area contributed by atoms with Gasteiger partial charge in [0.15, 0.2) is 0 Å². The summed E-state index contributed by atoms with van der Waals surface area (Å²) < 4.78 is 27.7. The Morgan fingerprint density at radius 1 is 0.741 bits per heavy atom. The monoisotopic (exact) mass is 374 g/mol. The Hall–Kier alpha value is -3.18. The Labute approximate surface area is 158 Å². The molecular formula is C22H18N2O2S. The van der Waals surface area contributed by atoms with Crippen LogP contribution in [-0.4, -0.2) is 17.6 Å². The molecule has 4 aromatic rings. The van der Waals surface area contributed by atoms with Crippen molar-refractivity contribution in [1.82, 2.24) is 9.19 Å². The SMILES string of the molecule is Cc1ccc(S(=O)(=O)n2nc(-c3ccccc3)cc2-c2ccccc2)cc1. The first-order valence-electron chi connectivity index (χ1n) is 8.59. The highest BCUT2D eigenvalue weighted by molar-refractivity contribution is 7.90. The Morgan fingerprint density at radius 2 is 1.30 bits per heavy atom. The molecule has 4 rings (SSSR count). The Bertz CT molecular complexity index is 1160. The van der Waals surface area contributed by atoms with Crippen LogP contribution in [0.5, 0.6) is 0 Å². The van der Waals surface area contributed by atoms with Gasteiger partial charge in [-0.25, -0.2) is 0 Å². The Morgan fingerprint density at radius 3 is 1.89 bits per heavy atom. The Balaban J connectivity index is 1.93. The van der Waals surface area contributed by atoms with E-state index >= 15 is 0 Å². The lowest BCUT2D eigenvalue weighted by atomic mass is 10.1. The molecule has 0 radical (unpaired) electrons. The number of aromatic nitrogens is 2. The van der Waals surface area contributed by atoms with Crippen LogP contribution in [0.4, 0.5) is 0 Å². The minimum atomic E-state index is -3.82. The van der Waals surface area contributed by atoms with Gasteiger partial charge in [-0.05, 0) is 25.1 Å². The van der Waals surface area contributed by atoms with Crippen LogP contribution in [-0.2, 0) is 10.0 Å². The third kappa shape index (κ3) is 3.29. The average Bonchev–Trinajstić information content (AvgIpc) is 3.16. The second-order valence-corrected chi connectivity index (χ2v) is 8.08. The smallest absolute Gasteiger partial charge is 0.199 e. The van der Waals surface area contributed by atoms with Crippen molar-refractivity contribution in [1.29, 1.82) is 0 Å². The molecule has 1 aromatic heterocycles. The molecule has 0 fully saturated rings. The predicted molar refractivity (Wildman–Crippen MR) is 107 cm³/mol. The molecule has 0 aliphatic rings. The summed E-state index contributed by atoms with van der Waals surface area (Å²) in [6, 6.07) is 27.6. The second-order valence-electron chi connectivity index (χ2n) is 6.31. The van der Waals surface area contributed by atoms with Crippen molar-refractivity contribution in [3.05, 3.63) is 96.6 Å². The van der Waals surface area contributed by atoms with Gasteiger partial charge in [0, 0.05) is 11.1 Å². The van der Waals surface area contributed by atoms with Crippen LogP contribution in [0.15, 0.2) is 95.9 Å². The van der Waals surface area contributed by atoms with Crippen LogP contribution >= 0.6 is 0 Å². The molecule has 134 valence electrons. The predicted octanol–water partition coefficient (Wildman–Crippen LogP) is 4.76. The van der Waals surface area contributed by atoms with Crippen LogP contribution in [0.25, 0.3) is 22.5 Å². The molecule has 0 saturated carbocycles. The lowest BCUT2D eigenvalue weighted by Gasteiger charge is -2.09. The quantitative estimate of drug-likeness (QED) is 0.517. The third-order valence-electron chi connectivity index (χ3n) is 4.36. The van der Waals surface area contributed by atoms with Gasteiger partial charge in [-0.3, -0.25) is 0 Å². The summed E-state index contributed by atoms with van der Waals surface area (Å²) in [6.07, 6.45) is 0. The van der Waals surface area contributed by atoms with Crippen LogP contribution < -0.4 is 0 Å². The fraction of sp³-hybridized carbons (Fsp3) is 0.0455. The van der Waals surface area contributed by atoms with E-state index in [1.807, 2.05) is 73.7 Å². The standard InChI is InChI=1S/C22H18N2O2S/c1-17-12-14-20(15-13-17)27(25,26)24-22(19-10-6-3-7-11-19)16-21(23-24)18-8-4-2-5-9-18/h2-16H,1H3. The molecule has 27 heavy (non-hydrogen) atoms. The molecule has 0 saturated heterocycles. The van der Waals surface area contributed by atoms with E-state index in [0.717, 1.165) is 20.8 Å². The van der Waals surface area contributed by atoms with E-state index in [2.05, 4.69) is 5.10 Å². The van der Waals surface area contributed by atoms with E-state index in [0.29, 0.717) is 11.4 Å². The maximum Gasteiger partial charge on any atom is 0.283 e. The molecule has 4 nitrogen and oxygen atoms in total. The molecule has 0 aliphatic heterocycles. The van der Waals surface area contributed by atoms with Crippen LogP contribution in [0, 0.1) is 6.92 Å². The third-order valence-corrected chi connectivity index (χ3v) is 5.97. The first-order chi connectivity index (χ1) is 13.1. The van der Waals surface area contributed by atoms with Gasteiger partial charge in [0.05, 0.1) is 16.3 Å². The zero-order valence-corrected chi connectivity index (χ0v) is 15.6. The molecule has 0 amide bonds. The number of aryl methyl sites for hydroxylation is 1. The van der Waals surface area contributed by atoms with Crippen molar-refractivity contribution in [2.75, 3.05) is 0 Å². The van der Waals surface area contributed by atoms with Gasteiger partial charge in [-0.2, -0.15) is 17.6 Å². The van der Waals surface area contributed by atoms with Crippen LogP contribution in [0.2, 0.25) is 0 Å². The fourth-order valence-electron chi connectivity index (χ4n) is 2.91. The van der Waals surface area contributed by atoms with E-state index in [9.17, 15) is 8.42 Å². The largest absolute Gasteiger partial charge is 0.283 e. The van der Waals surface area contributed by atoms with E-state index in [1.165, 1.54) is 0 Å². The molecule has 3 aromatic carbocycles. The summed E-state index contributed by atoms with van der Waals surface area (Å²) in [6.45, 7) is 1.92. The molecule has 0 bridgehead atoms. The van der Waals surface area contributed by atoms with Gasteiger partial charge in [0.2, 0.25) is 0 Å². The zero-order chi connectivity index (χ0) is 18.9. The Kier molecular flexibility index (Phi) is 4.38. The molecule has 0 atom stereocenters. The molecule has 0 spiro atoms. The van der Waals surface area contributed by atoms with Crippen molar-refractivity contribution in [3.8, 4) is 22.5 Å². The number of hydrogen-bond acceptors (Lipinski definition) is 3. The summed E-state index contributed by atoms with van der Waals surface area (Å²) in [5, 5.41) is 4.46. The van der Waals surface area contributed by atoms with Crippen LogP contribution in [0.1, 0.15) is 5.56 Å². The van der Waals surface area contributed by atoms with Crippen molar-refractivity contribution in [2.24, 2.45) is 0 Å². The normalized spacial score (nSPS) is 11.4. The average molecular weight is 374 g/mol.